The number of rotatable bonds is 7. The van der Waals surface area contributed by atoms with E-state index in [4.69, 9.17) is 9.72 Å². The highest BCUT2D eigenvalue weighted by Crippen LogP contribution is 2.34. The van der Waals surface area contributed by atoms with Gasteiger partial charge in [0.1, 0.15) is 0 Å². The summed E-state index contributed by atoms with van der Waals surface area (Å²) in [5.41, 5.74) is 3.16. The second-order valence-corrected chi connectivity index (χ2v) is 11.0. The van der Waals surface area contributed by atoms with Gasteiger partial charge < -0.3 is 9.64 Å². The molecule has 37 heavy (non-hydrogen) atoms. The Morgan fingerprint density at radius 2 is 1.76 bits per heavy atom. The molecule has 0 fully saturated rings. The summed E-state index contributed by atoms with van der Waals surface area (Å²) in [5.74, 6) is 0.0471. The number of anilines is 1. The summed E-state index contributed by atoms with van der Waals surface area (Å²) in [5, 5.41) is 0. The van der Waals surface area contributed by atoms with Crippen LogP contribution in [0, 0.1) is 12.7 Å². The van der Waals surface area contributed by atoms with Gasteiger partial charge in [0.05, 0.1) is 16.2 Å². The second kappa shape index (κ2) is 10.3. The number of halogens is 1. The van der Waals surface area contributed by atoms with Crippen molar-refractivity contribution in [3.05, 3.63) is 107 Å². The van der Waals surface area contributed by atoms with Crippen LogP contribution in [-0.4, -0.2) is 36.3 Å². The Hall–Kier alpha value is -3.82. The van der Waals surface area contributed by atoms with Gasteiger partial charge in [-0.05, 0) is 42.3 Å². The predicted molar refractivity (Wildman–Crippen MR) is 140 cm³/mol. The maximum atomic E-state index is 14.5. The molecular weight excluding hydrogens is 491 g/mol. The number of hydrogen-bond donors (Lipinski definition) is 0. The molecule has 0 spiro atoms. The number of benzene rings is 3. The number of ether oxygens (including phenoxy) is 1. The third kappa shape index (κ3) is 5.33. The summed E-state index contributed by atoms with van der Waals surface area (Å²) < 4.78 is 48.7. The minimum Gasteiger partial charge on any atom is -0.435 e. The van der Waals surface area contributed by atoms with Gasteiger partial charge in [0.25, 0.3) is 0 Å². The van der Waals surface area contributed by atoms with Crippen molar-refractivity contribution < 1.29 is 17.5 Å². The predicted octanol–water partition coefficient (Wildman–Crippen LogP) is 5.10. The van der Waals surface area contributed by atoms with Gasteiger partial charge in [0.15, 0.2) is 11.6 Å². The van der Waals surface area contributed by atoms with Crippen molar-refractivity contribution in [3.8, 4) is 11.6 Å². The summed E-state index contributed by atoms with van der Waals surface area (Å²) in [6.45, 7) is 2.71. The lowest BCUT2D eigenvalue weighted by molar-refractivity contribution is 0.364. The normalized spacial score (nSPS) is 13.7. The molecule has 5 rings (SSSR count). The van der Waals surface area contributed by atoms with Crippen molar-refractivity contribution in [3.63, 3.8) is 0 Å². The fraction of sp³-hybridized carbons (Fsp3) is 0.214. The number of para-hydroxylation sites is 1. The summed E-state index contributed by atoms with van der Waals surface area (Å²) in [6.07, 6.45) is 0.378. The van der Waals surface area contributed by atoms with Gasteiger partial charge >= 0.3 is 0 Å². The van der Waals surface area contributed by atoms with Crippen molar-refractivity contribution in [2.45, 2.75) is 31.3 Å². The summed E-state index contributed by atoms with van der Waals surface area (Å²) in [4.78, 5) is 11.5. The zero-order chi connectivity index (χ0) is 26.0. The molecule has 0 unspecified atom stereocenters. The largest absolute Gasteiger partial charge is 0.435 e. The minimum absolute atomic E-state index is 0.0127. The van der Waals surface area contributed by atoms with Crippen molar-refractivity contribution in [1.82, 2.24) is 14.3 Å². The number of aryl methyl sites for hydroxylation is 1. The Labute approximate surface area is 216 Å². The van der Waals surface area contributed by atoms with E-state index >= 15 is 0 Å². The lowest BCUT2D eigenvalue weighted by Gasteiger charge is -2.29. The number of aromatic nitrogens is 2. The average molecular weight is 519 g/mol. The van der Waals surface area contributed by atoms with Gasteiger partial charge in [-0.3, -0.25) is 0 Å². The van der Waals surface area contributed by atoms with Crippen LogP contribution in [-0.2, 0) is 29.5 Å². The quantitative estimate of drug-likeness (QED) is 0.339. The lowest BCUT2D eigenvalue weighted by Crippen LogP contribution is -2.37. The molecule has 0 radical (unpaired) electrons. The van der Waals surface area contributed by atoms with Crippen LogP contribution >= 0.6 is 0 Å². The molecule has 0 N–H and O–H groups in total. The first-order chi connectivity index (χ1) is 17.8. The molecular formula is C28H27FN4O3S. The summed E-state index contributed by atoms with van der Waals surface area (Å²) in [6, 6.07) is 22.8. The van der Waals surface area contributed by atoms with Crippen molar-refractivity contribution >= 4 is 16.0 Å². The lowest BCUT2D eigenvalue weighted by atomic mass is 10.1. The molecule has 4 aromatic rings. The molecule has 9 heteroatoms. The topological polar surface area (TPSA) is 75.6 Å². The van der Waals surface area contributed by atoms with Crippen LogP contribution in [0.15, 0.2) is 83.8 Å². The summed E-state index contributed by atoms with van der Waals surface area (Å²) >= 11 is 0. The molecule has 0 amide bonds. The highest BCUT2D eigenvalue weighted by atomic mass is 32.2. The Morgan fingerprint density at radius 3 is 2.51 bits per heavy atom. The van der Waals surface area contributed by atoms with E-state index in [-0.39, 0.29) is 29.6 Å². The first-order valence-electron chi connectivity index (χ1n) is 12.0. The highest BCUT2D eigenvalue weighted by molar-refractivity contribution is 7.89. The van der Waals surface area contributed by atoms with Gasteiger partial charge in [-0.1, -0.05) is 54.6 Å². The van der Waals surface area contributed by atoms with Gasteiger partial charge in [-0.2, -0.15) is 9.29 Å². The van der Waals surface area contributed by atoms with E-state index in [0.29, 0.717) is 30.2 Å². The summed E-state index contributed by atoms with van der Waals surface area (Å²) in [7, 11) is -1.88. The molecule has 7 nitrogen and oxygen atoms in total. The Bertz CT molecular complexity index is 1530. The van der Waals surface area contributed by atoms with E-state index in [9.17, 15) is 12.8 Å². The molecule has 0 saturated heterocycles. The van der Waals surface area contributed by atoms with E-state index in [0.717, 1.165) is 11.1 Å². The van der Waals surface area contributed by atoms with E-state index in [1.807, 2.05) is 55.3 Å². The van der Waals surface area contributed by atoms with Crippen molar-refractivity contribution in [2.24, 2.45) is 0 Å². The van der Waals surface area contributed by atoms with Crippen LogP contribution in [0.2, 0.25) is 0 Å². The molecule has 2 heterocycles. The molecule has 0 bridgehead atoms. The number of sulfonamides is 1. The average Bonchev–Trinajstić information content (AvgIpc) is 2.90. The first kappa shape index (κ1) is 24.9. The molecule has 1 aromatic heterocycles. The zero-order valence-electron chi connectivity index (χ0n) is 20.6. The molecule has 1 aliphatic heterocycles. The van der Waals surface area contributed by atoms with Crippen LogP contribution < -0.4 is 9.64 Å². The molecule has 3 aromatic carbocycles. The molecule has 190 valence electrons. The smallest absolute Gasteiger partial charge is 0.243 e. The van der Waals surface area contributed by atoms with E-state index in [2.05, 4.69) is 4.98 Å². The minimum atomic E-state index is -3.75. The fourth-order valence-electron chi connectivity index (χ4n) is 4.29. The van der Waals surface area contributed by atoms with Crippen molar-refractivity contribution in [1.29, 1.82) is 0 Å². The van der Waals surface area contributed by atoms with E-state index < -0.39 is 15.8 Å². The van der Waals surface area contributed by atoms with Crippen LogP contribution in [0.5, 0.6) is 11.6 Å². The Morgan fingerprint density at radius 1 is 1.00 bits per heavy atom. The van der Waals surface area contributed by atoms with Crippen LogP contribution in [0.4, 0.5) is 10.3 Å². The first-order valence-corrected chi connectivity index (χ1v) is 13.4. The van der Waals surface area contributed by atoms with Gasteiger partial charge in [0.2, 0.25) is 21.9 Å². The van der Waals surface area contributed by atoms with Gasteiger partial charge in [-0.25, -0.2) is 17.8 Å². The van der Waals surface area contributed by atoms with Crippen LogP contribution in [0.3, 0.4) is 0 Å². The zero-order valence-corrected chi connectivity index (χ0v) is 21.5. The third-order valence-electron chi connectivity index (χ3n) is 6.25. The number of fused-ring (bicyclic) bond motifs is 1. The second-order valence-electron chi connectivity index (χ2n) is 9.03. The van der Waals surface area contributed by atoms with Crippen LogP contribution in [0.25, 0.3) is 0 Å². The van der Waals surface area contributed by atoms with E-state index in [1.54, 1.807) is 30.3 Å². The van der Waals surface area contributed by atoms with E-state index in [1.165, 1.54) is 16.4 Å². The van der Waals surface area contributed by atoms with Gasteiger partial charge in [0, 0.05) is 33.1 Å². The van der Waals surface area contributed by atoms with Crippen molar-refractivity contribution in [2.75, 3.05) is 18.5 Å². The third-order valence-corrected chi connectivity index (χ3v) is 8.09. The maximum absolute atomic E-state index is 14.5. The SMILES string of the molecule is Cc1cccc(S(=O)(=O)N2CCc3nc(N(C)Cc4ccccc4)nc(Oc4ccccc4F)c3C2)c1. The fourth-order valence-corrected chi connectivity index (χ4v) is 5.81. The molecule has 0 saturated carbocycles. The number of hydrogen-bond acceptors (Lipinski definition) is 6. The molecule has 0 aliphatic carbocycles. The number of nitrogens with zero attached hydrogens (tertiary/aromatic N) is 4. The molecule has 1 aliphatic rings. The Balaban J connectivity index is 1.52. The highest BCUT2D eigenvalue weighted by Gasteiger charge is 2.32. The maximum Gasteiger partial charge on any atom is 0.243 e. The van der Waals surface area contributed by atoms with Gasteiger partial charge in [-0.15, -0.1) is 0 Å². The monoisotopic (exact) mass is 518 g/mol. The van der Waals surface area contributed by atoms with Crippen LogP contribution in [0.1, 0.15) is 22.4 Å². The Kier molecular flexibility index (Phi) is 6.90. The molecule has 0 atom stereocenters. The standard InChI is InChI=1S/C28H27FN4O3S/c1-20-9-8-12-22(17-20)37(34,35)33-16-15-25-23(19-33)27(36-26-14-7-6-13-24(26)29)31-28(30-25)32(2)18-21-10-4-3-5-11-21/h3-14,17H,15-16,18-19H2,1-2H3.